The highest BCUT2D eigenvalue weighted by Gasteiger charge is 2.48. The number of rotatable bonds is 5. The monoisotopic (exact) mass is 479 g/mol. The van der Waals surface area contributed by atoms with Gasteiger partial charge < -0.3 is 25.0 Å². The van der Waals surface area contributed by atoms with Gasteiger partial charge in [-0.15, -0.1) is 0 Å². The van der Waals surface area contributed by atoms with E-state index in [0.717, 1.165) is 32.4 Å². The van der Waals surface area contributed by atoms with Crippen LogP contribution in [0.15, 0.2) is 30.6 Å². The van der Waals surface area contributed by atoms with Gasteiger partial charge in [0.25, 0.3) is 0 Å². The number of aromatic hydroxyl groups is 1. The number of carbonyl (C=O) groups is 1. The summed E-state index contributed by atoms with van der Waals surface area (Å²) in [5, 5.41) is 13.7. The Bertz CT molecular complexity index is 1290. The van der Waals surface area contributed by atoms with Crippen LogP contribution in [0.5, 0.6) is 11.5 Å². The summed E-state index contributed by atoms with van der Waals surface area (Å²) in [7, 11) is 3.67. The SMILES string of the molecule is CCc1c(O)ccc(Nc2ncnc3cc(OC)c(N4CCC5(CCN(C)CC5)C4=O)cc23)c1F. The van der Waals surface area contributed by atoms with Crippen molar-refractivity contribution in [1.29, 1.82) is 0 Å². The average molecular weight is 480 g/mol. The molecule has 0 aliphatic carbocycles. The summed E-state index contributed by atoms with van der Waals surface area (Å²) < 4.78 is 20.7. The van der Waals surface area contributed by atoms with Crippen molar-refractivity contribution in [2.75, 3.05) is 44.0 Å². The van der Waals surface area contributed by atoms with Crippen molar-refractivity contribution in [1.82, 2.24) is 14.9 Å². The Hall–Kier alpha value is -3.46. The Morgan fingerprint density at radius 1 is 1.17 bits per heavy atom. The molecule has 3 heterocycles. The third-order valence-electron chi connectivity index (χ3n) is 7.51. The second-order valence-corrected chi connectivity index (χ2v) is 9.46. The number of phenolic OH excluding ortho intramolecular Hbond substituents is 1. The number of carbonyl (C=O) groups excluding carboxylic acids is 1. The van der Waals surface area contributed by atoms with Gasteiger partial charge >= 0.3 is 0 Å². The maximum Gasteiger partial charge on any atom is 0.233 e. The minimum absolute atomic E-state index is 0.0782. The summed E-state index contributed by atoms with van der Waals surface area (Å²) >= 11 is 0. The van der Waals surface area contributed by atoms with Gasteiger partial charge in [-0.3, -0.25) is 4.79 Å². The molecule has 9 heteroatoms. The number of benzene rings is 2. The normalized spacial score (nSPS) is 17.9. The molecule has 2 aliphatic rings. The lowest BCUT2D eigenvalue weighted by Gasteiger charge is -2.36. The Labute approximate surface area is 203 Å². The molecule has 184 valence electrons. The van der Waals surface area contributed by atoms with E-state index in [9.17, 15) is 9.90 Å². The van der Waals surface area contributed by atoms with Gasteiger partial charge in [-0.2, -0.15) is 0 Å². The van der Waals surface area contributed by atoms with Gasteiger partial charge in [0.15, 0.2) is 5.82 Å². The van der Waals surface area contributed by atoms with Crippen LogP contribution in [0.4, 0.5) is 21.6 Å². The van der Waals surface area contributed by atoms with Crippen LogP contribution >= 0.6 is 0 Å². The Morgan fingerprint density at radius 3 is 2.63 bits per heavy atom. The van der Waals surface area contributed by atoms with E-state index < -0.39 is 5.82 Å². The molecule has 5 rings (SSSR count). The van der Waals surface area contributed by atoms with E-state index in [-0.39, 0.29) is 28.3 Å². The third-order valence-corrected chi connectivity index (χ3v) is 7.51. The average Bonchev–Trinajstić information content (AvgIpc) is 3.17. The molecule has 1 aromatic heterocycles. The topological polar surface area (TPSA) is 90.8 Å². The molecule has 1 spiro atoms. The van der Waals surface area contributed by atoms with Gasteiger partial charge in [-0.05, 0) is 64.0 Å². The highest BCUT2D eigenvalue weighted by Crippen LogP contribution is 2.46. The first kappa shape index (κ1) is 23.3. The van der Waals surface area contributed by atoms with Crippen LogP contribution in [0.3, 0.4) is 0 Å². The number of fused-ring (bicyclic) bond motifs is 1. The van der Waals surface area contributed by atoms with Gasteiger partial charge in [0.05, 0.1) is 29.4 Å². The van der Waals surface area contributed by atoms with Crippen molar-refractivity contribution in [3.8, 4) is 11.5 Å². The standard InChI is InChI=1S/C26H30FN5O3/c1-4-16-21(33)6-5-18(23(16)27)30-24-17-13-20(22(35-3)14-19(17)28-15-29-24)32-12-9-26(25(32)34)7-10-31(2)11-8-26/h5-6,13-15,33H,4,7-12H2,1-3H3,(H,28,29,30). The van der Waals surface area contributed by atoms with Gasteiger partial charge in [0.2, 0.25) is 5.91 Å². The van der Waals surface area contributed by atoms with Gasteiger partial charge in [-0.25, -0.2) is 14.4 Å². The van der Waals surface area contributed by atoms with E-state index in [0.29, 0.717) is 41.1 Å². The molecule has 2 N–H and O–H groups in total. The number of ether oxygens (including phenoxy) is 1. The highest BCUT2D eigenvalue weighted by atomic mass is 19.1. The van der Waals surface area contributed by atoms with Crippen LogP contribution in [0.1, 0.15) is 31.7 Å². The number of halogens is 1. The van der Waals surface area contributed by atoms with Gasteiger partial charge in [0, 0.05) is 23.6 Å². The van der Waals surface area contributed by atoms with Crippen molar-refractivity contribution in [2.45, 2.75) is 32.6 Å². The van der Waals surface area contributed by atoms with Crippen molar-refractivity contribution < 1.29 is 19.0 Å². The molecule has 0 saturated carbocycles. The van der Waals surface area contributed by atoms with Crippen LogP contribution in [-0.2, 0) is 11.2 Å². The zero-order valence-electron chi connectivity index (χ0n) is 20.3. The fourth-order valence-corrected chi connectivity index (χ4v) is 5.28. The minimum atomic E-state index is -0.521. The predicted molar refractivity (Wildman–Crippen MR) is 133 cm³/mol. The third kappa shape index (κ3) is 3.93. The van der Waals surface area contributed by atoms with Crippen molar-refractivity contribution in [2.24, 2.45) is 5.41 Å². The molecule has 2 aromatic carbocycles. The fraction of sp³-hybridized carbons (Fsp3) is 0.423. The summed E-state index contributed by atoms with van der Waals surface area (Å²) in [6.07, 6.45) is 4.27. The number of likely N-dealkylation sites (tertiary alicyclic amines) is 1. The van der Waals surface area contributed by atoms with Crippen LogP contribution in [0.2, 0.25) is 0 Å². The van der Waals surface area contributed by atoms with Crippen LogP contribution in [-0.4, -0.2) is 59.7 Å². The zero-order valence-corrected chi connectivity index (χ0v) is 20.3. The van der Waals surface area contributed by atoms with E-state index >= 15 is 4.39 Å². The number of aromatic nitrogens is 2. The molecule has 3 aromatic rings. The molecule has 2 fully saturated rings. The van der Waals surface area contributed by atoms with Gasteiger partial charge in [0.1, 0.15) is 23.6 Å². The molecule has 0 bridgehead atoms. The first-order valence-electron chi connectivity index (χ1n) is 12.0. The molecule has 2 saturated heterocycles. The number of phenols is 1. The van der Waals surface area contributed by atoms with E-state index in [2.05, 4.69) is 27.2 Å². The Morgan fingerprint density at radius 2 is 1.91 bits per heavy atom. The number of hydrogen-bond acceptors (Lipinski definition) is 7. The summed E-state index contributed by atoms with van der Waals surface area (Å²) in [5.41, 5.74) is 1.39. The lowest BCUT2D eigenvalue weighted by Crippen LogP contribution is -2.43. The van der Waals surface area contributed by atoms with Crippen molar-refractivity contribution >= 4 is 34.0 Å². The Kier molecular flexibility index (Phi) is 5.96. The van der Waals surface area contributed by atoms with E-state index in [1.165, 1.54) is 18.5 Å². The van der Waals surface area contributed by atoms with E-state index in [4.69, 9.17) is 4.74 Å². The number of nitrogens with one attached hydrogen (secondary N) is 1. The highest BCUT2D eigenvalue weighted by molar-refractivity contribution is 6.04. The smallest absolute Gasteiger partial charge is 0.233 e. The molecular weight excluding hydrogens is 449 g/mol. The van der Waals surface area contributed by atoms with Crippen LogP contribution < -0.4 is 15.0 Å². The lowest BCUT2D eigenvalue weighted by molar-refractivity contribution is -0.127. The van der Waals surface area contributed by atoms with E-state index in [1.807, 2.05) is 11.0 Å². The number of piperidine rings is 1. The molecule has 8 nitrogen and oxygen atoms in total. The summed E-state index contributed by atoms with van der Waals surface area (Å²) in [5.74, 6) is 0.500. The lowest BCUT2D eigenvalue weighted by atomic mass is 9.77. The summed E-state index contributed by atoms with van der Waals surface area (Å²) in [4.78, 5) is 26.4. The second kappa shape index (κ2) is 8.96. The van der Waals surface area contributed by atoms with E-state index in [1.54, 1.807) is 20.1 Å². The number of amides is 1. The van der Waals surface area contributed by atoms with Crippen molar-refractivity contribution in [3.63, 3.8) is 0 Å². The summed E-state index contributed by atoms with van der Waals surface area (Å²) in [6.45, 7) is 4.22. The minimum Gasteiger partial charge on any atom is -0.508 e. The molecule has 0 unspecified atom stereocenters. The molecule has 0 atom stereocenters. The first-order valence-corrected chi connectivity index (χ1v) is 12.0. The second-order valence-electron chi connectivity index (χ2n) is 9.46. The molecule has 0 radical (unpaired) electrons. The number of hydrogen-bond donors (Lipinski definition) is 2. The first-order chi connectivity index (χ1) is 16.9. The fourth-order valence-electron chi connectivity index (χ4n) is 5.28. The Balaban J connectivity index is 1.55. The predicted octanol–water partition coefficient (Wildman–Crippen LogP) is 4.24. The zero-order chi connectivity index (χ0) is 24.7. The molecule has 2 aliphatic heterocycles. The molecule has 1 amide bonds. The van der Waals surface area contributed by atoms with Crippen LogP contribution in [0.25, 0.3) is 10.9 Å². The maximum atomic E-state index is 15.0. The number of anilines is 3. The summed E-state index contributed by atoms with van der Waals surface area (Å²) in [6, 6.07) is 6.58. The number of methoxy groups -OCH3 is 1. The van der Waals surface area contributed by atoms with Crippen LogP contribution in [0, 0.1) is 11.2 Å². The maximum absolute atomic E-state index is 15.0. The largest absolute Gasteiger partial charge is 0.508 e. The molecular formula is C26H30FN5O3. The molecule has 35 heavy (non-hydrogen) atoms. The number of nitrogens with zero attached hydrogens (tertiary/aromatic N) is 4. The quantitative estimate of drug-likeness (QED) is 0.529. The van der Waals surface area contributed by atoms with Crippen molar-refractivity contribution in [3.05, 3.63) is 42.0 Å². The van der Waals surface area contributed by atoms with Gasteiger partial charge in [-0.1, -0.05) is 6.92 Å².